The molecule has 5 atom stereocenters. The Morgan fingerprint density at radius 2 is 1.38 bits per heavy atom. The van der Waals surface area contributed by atoms with E-state index in [1.54, 1.807) is 30.3 Å². The summed E-state index contributed by atoms with van der Waals surface area (Å²) in [6, 6.07) is 3.66. The molecule has 0 unspecified atom stereocenters. The molecule has 0 spiro atoms. The first kappa shape index (κ1) is 34.4. The quantitative estimate of drug-likeness (QED) is 0.110. The van der Waals surface area contributed by atoms with Crippen LogP contribution in [-0.2, 0) is 35.2 Å². The lowest BCUT2D eigenvalue weighted by Crippen LogP contribution is -2.57. The molecule has 1 aromatic carbocycles. The van der Waals surface area contributed by atoms with Crippen LogP contribution in [0.3, 0.4) is 0 Å². The number of carbonyl (C=O) groups excluding carboxylic acids is 5. The Morgan fingerprint density at radius 3 is 1.90 bits per heavy atom. The first-order valence-electron chi connectivity index (χ1n) is 12.9. The Balaban J connectivity index is 2.82. The zero-order valence-electron chi connectivity index (χ0n) is 23.1. The van der Waals surface area contributed by atoms with E-state index in [4.69, 9.17) is 5.73 Å². The van der Waals surface area contributed by atoms with Crippen LogP contribution in [0.15, 0.2) is 30.3 Å². The lowest BCUT2D eigenvalue weighted by Gasteiger charge is -2.23. The van der Waals surface area contributed by atoms with E-state index in [0.717, 1.165) is 5.56 Å². The van der Waals surface area contributed by atoms with Crippen molar-refractivity contribution < 1.29 is 33.9 Å². The van der Waals surface area contributed by atoms with Crippen LogP contribution in [0, 0.1) is 5.92 Å². The first-order valence-corrected chi connectivity index (χ1v) is 13.5. The fraction of sp³-hybridized carbons (Fsp3) is 0.538. The molecular formula is C26H40N6O7S. The summed E-state index contributed by atoms with van der Waals surface area (Å²) >= 11 is 4.10. The molecule has 0 saturated heterocycles. The van der Waals surface area contributed by atoms with Gasteiger partial charge in [0, 0.05) is 12.2 Å². The number of aliphatic carboxylic acids is 1. The second kappa shape index (κ2) is 17.1. The van der Waals surface area contributed by atoms with Crippen molar-refractivity contribution >= 4 is 48.1 Å². The second-order valence-corrected chi connectivity index (χ2v) is 10.2. The second-order valence-electron chi connectivity index (χ2n) is 9.82. The van der Waals surface area contributed by atoms with Crippen LogP contribution < -0.4 is 32.3 Å². The van der Waals surface area contributed by atoms with E-state index in [-0.39, 0.29) is 24.5 Å². The lowest BCUT2D eigenvalue weighted by atomic mass is 10.0. The highest BCUT2D eigenvalue weighted by atomic mass is 32.1. The summed E-state index contributed by atoms with van der Waals surface area (Å²) in [6.45, 7) is 5.97. The van der Waals surface area contributed by atoms with Gasteiger partial charge in [-0.3, -0.25) is 24.0 Å². The molecule has 222 valence electrons. The zero-order valence-corrected chi connectivity index (χ0v) is 24.0. The van der Waals surface area contributed by atoms with Gasteiger partial charge in [-0.25, -0.2) is 4.79 Å². The first-order chi connectivity index (χ1) is 18.7. The molecule has 0 saturated carbocycles. The van der Waals surface area contributed by atoms with E-state index in [2.05, 4.69) is 39.2 Å². The van der Waals surface area contributed by atoms with Crippen LogP contribution in [-0.4, -0.2) is 83.1 Å². The maximum absolute atomic E-state index is 13.0. The van der Waals surface area contributed by atoms with Crippen LogP contribution in [0.5, 0.6) is 0 Å². The average molecular weight is 581 g/mol. The van der Waals surface area contributed by atoms with Crippen molar-refractivity contribution in [3.8, 4) is 0 Å². The normalized spacial score (nSPS) is 14.6. The van der Waals surface area contributed by atoms with Gasteiger partial charge < -0.3 is 37.4 Å². The van der Waals surface area contributed by atoms with Gasteiger partial charge in [-0.05, 0) is 31.7 Å². The number of hydrogen-bond acceptors (Lipinski definition) is 8. The molecule has 5 amide bonds. The minimum absolute atomic E-state index is 0.0226. The van der Waals surface area contributed by atoms with Crippen molar-refractivity contribution in [2.75, 3.05) is 12.3 Å². The van der Waals surface area contributed by atoms with Gasteiger partial charge in [-0.2, -0.15) is 12.6 Å². The Hall–Kier alpha value is -3.65. The van der Waals surface area contributed by atoms with Crippen molar-refractivity contribution in [3.05, 3.63) is 35.9 Å². The molecule has 1 aromatic rings. The minimum atomic E-state index is -1.18. The number of benzene rings is 1. The predicted molar refractivity (Wildman–Crippen MR) is 151 cm³/mol. The number of carboxylic acid groups (broad SMARTS) is 1. The number of thiol groups is 1. The molecule has 0 fully saturated rings. The molecular weight excluding hydrogens is 540 g/mol. The van der Waals surface area contributed by atoms with Crippen molar-refractivity contribution in [1.82, 2.24) is 26.6 Å². The van der Waals surface area contributed by atoms with Gasteiger partial charge in [-0.15, -0.1) is 0 Å². The monoisotopic (exact) mass is 580 g/mol. The summed E-state index contributed by atoms with van der Waals surface area (Å²) in [4.78, 5) is 74.0. The highest BCUT2D eigenvalue weighted by Gasteiger charge is 2.28. The smallest absolute Gasteiger partial charge is 0.326 e. The molecule has 14 heteroatoms. The maximum Gasteiger partial charge on any atom is 0.326 e. The molecule has 0 aliphatic rings. The van der Waals surface area contributed by atoms with Crippen LogP contribution in [0.25, 0.3) is 0 Å². The average Bonchev–Trinajstić information content (AvgIpc) is 2.89. The van der Waals surface area contributed by atoms with Crippen LogP contribution in [0.2, 0.25) is 0 Å². The minimum Gasteiger partial charge on any atom is -0.480 e. The van der Waals surface area contributed by atoms with E-state index in [0.29, 0.717) is 0 Å². The maximum atomic E-state index is 13.0. The zero-order chi connectivity index (χ0) is 30.4. The molecule has 1 rings (SSSR count). The lowest BCUT2D eigenvalue weighted by molar-refractivity contribution is -0.142. The number of nitrogens with one attached hydrogen (secondary N) is 5. The number of nitrogens with two attached hydrogens (primary N) is 1. The molecule has 0 aliphatic carbocycles. The van der Waals surface area contributed by atoms with Gasteiger partial charge in [0.05, 0.1) is 12.6 Å². The Labute approximate surface area is 239 Å². The van der Waals surface area contributed by atoms with E-state index >= 15 is 0 Å². The SMILES string of the molecule is CC(C)C[C@H](NC(=O)[C@H](C)NC(=O)CNC(=O)[C@H](Cc1ccccc1)NC(=O)[C@H](CS)NC(=O)[C@H](C)N)C(=O)O. The molecule has 13 nitrogen and oxygen atoms in total. The van der Waals surface area contributed by atoms with Crippen molar-refractivity contribution in [3.63, 3.8) is 0 Å². The summed E-state index contributed by atoms with van der Waals surface area (Å²) in [7, 11) is 0. The molecule has 0 aliphatic heterocycles. The topological polar surface area (TPSA) is 209 Å². The molecule has 0 bridgehead atoms. The largest absolute Gasteiger partial charge is 0.480 e. The standard InChI is InChI=1S/C26H40N6O7S/c1-14(2)10-19(26(38)39)31-23(35)16(4)29-21(33)12-28-24(36)18(11-17-8-6-5-7-9-17)30-25(37)20(13-40)32-22(34)15(3)27/h5-9,14-16,18-20,40H,10-13,27H2,1-4H3,(H,28,36)(H,29,33)(H,30,37)(H,31,35)(H,32,34)(H,38,39)/t15-,16-,18-,19-,20-/m0/s1. The third-order valence-electron chi connectivity index (χ3n) is 5.66. The highest BCUT2D eigenvalue weighted by Crippen LogP contribution is 2.06. The predicted octanol–water partition coefficient (Wildman–Crippen LogP) is -1.29. The number of hydrogen-bond donors (Lipinski definition) is 8. The molecule has 8 N–H and O–H groups in total. The van der Waals surface area contributed by atoms with Crippen LogP contribution >= 0.6 is 12.6 Å². The number of amides is 5. The Bertz CT molecular complexity index is 1040. The van der Waals surface area contributed by atoms with Gasteiger partial charge in [0.15, 0.2) is 0 Å². The van der Waals surface area contributed by atoms with E-state index in [1.807, 2.05) is 13.8 Å². The van der Waals surface area contributed by atoms with Crippen LogP contribution in [0.1, 0.15) is 39.7 Å². The van der Waals surface area contributed by atoms with Gasteiger partial charge in [0.1, 0.15) is 24.2 Å². The summed E-state index contributed by atoms with van der Waals surface area (Å²) in [6.07, 6.45) is 0.307. The van der Waals surface area contributed by atoms with Crippen molar-refractivity contribution in [1.29, 1.82) is 0 Å². The van der Waals surface area contributed by atoms with Crippen molar-refractivity contribution in [2.24, 2.45) is 11.7 Å². The summed E-state index contributed by atoms with van der Waals surface area (Å²) < 4.78 is 0. The van der Waals surface area contributed by atoms with Crippen LogP contribution in [0.4, 0.5) is 0 Å². The van der Waals surface area contributed by atoms with Gasteiger partial charge >= 0.3 is 5.97 Å². The number of carboxylic acids is 1. The van der Waals surface area contributed by atoms with Gasteiger partial charge in [0.25, 0.3) is 0 Å². The summed E-state index contributed by atoms with van der Waals surface area (Å²) in [5, 5.41) is 21.6. The third-order valence-corrected chi connectivity index (χ3v) is 6.03. The summed E-state index contributed by atoms with van der Waals surface area (Å²) in [5.74, 6) is -4.50. The fourth-order valence-electron chi connectivity index (χ4n) is 3.47. The van der Waals surface area contributed by atoms with Crippen molar-refractivity contribution in [2.45, 2.75) is 70.7 Å². The van der Waals surface area contributed by atoms with E-state index in [9.17, 15) is 33.9 Å². The molecule has 0 radical (unpaired) electrons. The van der Waals surface area contributed by atoms with Gasteiger partial charge in [-0.1, -0.05) is 44.2 Å². The Morgan fingerprint density at radius 1 is 0.800 bits per heavy atom. The highest BCUT2D eigenvalue weighted by molar-refractivity contribution is 7.80. The number of rotatable bonds is 16. The summed E-state index contributed by atoms with van der Waals surface area (Å²) in [5.41, 5.74) is 6.28. The molecule has 40 heavy (non-hydrogen) atoms. The van der Waals surface area contributed by atoms with E-state index < -0.39 is 72.3 Å². The fourth-order valence-corrected chi connectivity index (χ4v) is 3.72. The molecule has 0 aromatic heterocycles. The van der Waals surface area contributed by atoms with Gasteiger partial charge in [0.2, 0.25) is 29.5 Å². The number of carbonyl (C=O) groups is 6. The Kier molecular flexibility index (Phi) is 14.7. The van der Waals surface area contributed by atoms with E-state index in [1.165, 1.54) is 13.8 Å². The molecule has 0 heterocycles. The third kappa shape index (κ3) is 12.5.